The van der Waals surface area contributed by atoms with Gasteiger partial charge in [-0.15, -0.1) is 11.8 Å². The van der Waals surface area contributed by atoms with Crippen LogP contribution in [0.4, 0.5) is 0 Å². The average Bonchev–Trinajstić information content (AvgIpc) is 3.18. The number of thioether (sulfide) groups is 1. The van der Waals surface area contributed by atoms with Gasteiger partial charge in [0.15, 0.2) is 0 Å². The first kappa shape index (κ1) is 13.2. The maximum atomic E-state index is 12.9. The number of aliphatic carboxylic acids is 1. The van der Waals surface area contributed by atoms with Crippen LogP contribution in [0.1, 0.15) is 24.8 Å². The predicted octanol–water partition coefficient (Wildman–Crippen LogP) is 2.17. The first-order valence-corrected chi connectivity index (χ1v) is 8.32. The van der Waals surface area contributed by atoms with Crippen molar-refractivity contribution in [1.29, 1.82) is 0 Å². The normalized spacial score (nSPS) is 33.2. The SMILES string of the molecule is O=C(O)C1CC2CCC1N2C(=O)C1Cc2ccccc2S1. The minimum Gasteiger partial charge on any atom is -0.481 e. The highest BCUT2D eigenvalue weighted by atomic mass is 32.2. The van der Waals surface area contributed by atoms with E-state index >= 15 is 0 Å². The molecule has 0 radical (unpaired) electrons. The average molecular weight is 303 g/mol. The molecule has 5 heteroatoms. The molecule has 4 rings (SSSR count). The number of nitrogens with zero attached hydrogens (tertiary/aromatic N) is 1. The topological polar surface area (TPSA) is 57.6 Å². The number of hydrogen-bond acceptors (Lipinski definition) is 3. The third-order valence-corrected chi connectivity index (χ3v) is 6.34. The largest absolute Gasteiger partial charge is 0.481 e. The van der Waals surface area contributed by atoms with Crippen molar-refractivity contribution < 1.29 is 14.7 Å². The van der Waals surface area contributed by atoms with Crippen LogP contribution >= 0.6 is 11.8 Å². The molecule has 4 unspecified atom stereocenters. The zero-order chi connectivity index (χ0) is 14.6. The number of rotatable bonds is 2. The molecule has 2 saturated heterocycles. The van der Waals surface area contributed by atoms with E-state index in [4.69, 9.17) is 0 Å². The fraction of sp³-hybridized carbons (Fsp3) is 0.500. The second-order valence-electron chi connectivity index (χ2n) is 6.14. The number of benzene rings is 1. The van der Waals surface area contributed by atoms with Crippen LogP contribution in [0.2, 0.25) is 0 Å². The number of carboxylic acids is 1. The Kier molecular flexibility index (Phi) is 2.99. The monoisotopic (exact) mass is 303 g/mol. The van der Waals surface area contributed by atoms with Crippen molar-refractivity contribution in [3.8, 4) is 0 Å². The van der Waals surface area contributed by atoms with Crippen molar-refractivity contribution in [3.63, 3.8) is 0 Å². The smallest absolute Gasteiger partial charge is 0.308 e. The van der Waals surface area contributed by atoms with Gasteiger partial charge in [-0.05, 0) is 37.3 Å². The van der Waals surface area contributed by atoms with Crippen LogP contribution in [0, 0.1) is 5.92 Å². The lowest BCUT2D eigenvalue weighted by atomic mass is 9.89. The summed E-state index contributed by atoms with van der Waals surface area (Å²) in [5, 5.41) is 9.23. The Bertz CT molecular complexity index is 592. The highest BCUT2D eigenvalue weighted by Gasteiger charge is 2.52. The molecule has 2 fully saturated rings. The van der Waals surface area contributed by atoms with Crippen LogP contribution < -0.4 is 0 Å². The molecule has 0 saturated carbocycles. The summed E-state index contributed by atoms with van der Waals surface area (Å²) >= 11 is 1.63. The lowest BCUT2D eigenvalue weighted by molar-refractivity contribution is -0.143. The highest BCUT2D eigenvalue weighted by Crippen LogP contribution is 2.45. The van der Waals surface area contributed by atoms with E-state index in [1.54, 1.807) is 11.8 Å². The lowest BCUT2D eigenvalue weighted by Crippen LogP contribution is -2.42. The predicted molar refractivity (Wildman–Crippen MR) is 79.2 cm³/mol. The molecule has 1 N–H and O–H groups in total. The quantitative estimate of drug-likeness (QED) is 0.909. The van der Waals surface area contributed by atoms with E-state index in [1.807, 2.05) is 17.0 Å². The first-order valence-electron chi connectivity index (χ1n) is 7.44. The Morgan fingerprint density at radius 2 is 2.05 bits per heavy atom. The minimum absolute atomic E-state index is 0.0713. The number of fused-ring (bicyclic) bond motifs is 3. The summed E-state index contributed by atoms with van der Waals surface area (Å²) in [6.07, 6.45) is 3.21. The van der Waals surface area contributed by atoms with Crippen molar-refractivity contribution in [1.82, 2.24) is 4.90 Å². The number of carbonyl (C=O) groups excluding carboxylic acids is 1. The molecule has 21 heavy (non-hydrogen) atoms. The van der Waals surface area contributed by atoms with E-state index in [1.165, 1.54) is 10.5 Å². The fourth-order valence-corrected chi connectivity index (χ4v) is 5.34. The molecule has 0 aromatic heterocycles. The Balaban J connectivity index is 1.54. The van der Waals surface area contributed by atoms with Crippen molar-refractivity contribution >= 4 is 23.6 Å². The first-order chi connectivity index (χ1) is 10.1. The van der Waals surface area contributed by atoms with Crippen molar-refractivity contribution in [2.45, 2.75) is 47.9 Å². The van der Waals surface area contributed by atoms with Crippen molar-refractivity contribution in [2.75, 3.05) is 0 Å². The van der Waals surface area contributed by atoms with Gasteiger partial charge in [0.05, 0.1) is 11.2 Å². The third kappa shape index (κ3) is 1.98. The van der Waals surface area contributed by atoms with Crippen molar-refractivity contribution in [3.05, 3.63) is 29.8 Å². The van der Waals surface area contributed by atoms with E-state index in [0.717, 1.165) is 19.3 Å². The zero-order valence-electron chi connectivity index (χ0n) is 11.6. The summed E-state index contributed by atoms with van der Waals surface area (Å²) in [6.45, 7) is 0. The second-order valence-corrected chi connectivity index (χ2v) is 7.39. The van der Waals surface area contributed by atoms with E-state index in [-0.39, 0.29) is 29.2 Å². The second kappa shape index (κ2) is 4.77. The zero-order valence-corrected chi connectivity index (χ0v) is 12.4. The van der Waals surface area contributed by atoms with E-state index in [0.29, 0.717) is 6.42 Å². The lowest BCUT2D eigenvalue weighted by Gasteiger charge is -2.25. The van der Waals surface area contributed by atoms with Crippen LogP contribution in [0.3, 0.4) is 0 Å². The van der Waals surface area contributed by atoms with Gasteiger partial charge in [0, 0.05) is 17.0 Å². The summed E-state index contributed by atoms with van der Waals surface area (Å²) in [7, 11) is 0. The van der Waals surface area contributed by atoms with Gasteiger partial charge < -0.3 is 10.0 Å². The van der Waals surface area contributed by atoms with E-state index in [9.17, 15) is 14.7 Å². The van der Waals surface area contributed by atoms with Gasteiger partial charge >= 0.3 is 5.97 Å². The van der Waals surface area contributed by atoms with Crippen LogP contribution in [0.25, 0.3) is 0 Å². The van der Waals surface area contributed by atoms with Crippen LogP contribution in [-0.4, -0.2) is 39.2 Å². The number of amides is 1. The molecule has 1 aromatic carbocycles. The van der Waals surface area contributed by atoms with Gasteiger partial charge in [0.25, 0.3) is 0 Å². The third-order valence-electron chi connectivity index (χ3n) is 5.03. The highest BCUT2D eigenvalue weighted by molar-refractivity contribution is 8.01. The molecule has 0 aliphatic carbocycles. The molecule has 0 spiro atoms. The Hall–Kier alpha value is -1.49. The molecule has 1 amide bonds. The molecule has 2 bridgehead atoms. The molecule has 4 atom stereocenters. The molecule has 110 valence electrons. The van der Waals surface area contributed by atoms with Gasteiger partial charge in [-0.25, -0.2) is 0 Å². The maximum Gasteiger partial charge on any atom is 0.308 e. The van der Waals surface area contributed by atoms with E-state index < -0.39 is 5.97 Å². The Morgan fingerprint density at radius 3 is 2.76 bits per heavy atom. The summed E-state index contributed by atoms with van der Waals surface area (Å²) < 4.78 is 0. The maximum absolute atomic E-state index is 12.9. The van der Waals surface area contributed by atoms with Gasteiger partial charge in [0.2, 0.25) is 5.91 Å². The van der Waals surface area contributed by atoms with Gasteiger partial charge in [0.1, 0.15) is 0 Å². The fourth-order valence-electron chi connectivity index (χ4n) is 4.08. The molecule has 3 aliphatic rings. The summed E-state index contributed by atoms with van der Waals surface area (Å²) in [4.78, 5) is 27.3. The van der Waals surface area contributed by atoms with Crippen LogP contribution in [0.5, 0.6) is 0 Å². The Labute approximate surface area is 127 Å². The number of carboxylic acid groups (broad SMARTS) is 1. The molecule has 3 heterocycles. The van der Waals surface area contributed by atoms with Gasteiger partial charge in [-0.3, -0.25) is 9.59 Å². The Morgan fingerprint density at radius 1 is 1.24 bits per heavy atom. The van der Waals surface area contributed by atoms with Gasteiger partial charge in [-0.1, -0.05) is 18.2 Å². The standard InChI is InChI=1S/C16H17NO3S/c18-15(14-7-9-3-1-2-4-13(9)21-14)17-10-5-6-12(17)11(8-10)16(19)20/h1-4,10-12,14H,5-8H2,(H,19,20). The number of hydrogen-bond donors (Lipinski definition) is 1. The molecular weight excluding hydrogens is 286 g/mol. The van der Waals surface area contributed by atoms with E-state index in [2.05, 4.69) is 12.1 Å². The van der Waals surface area contributed by atoms with Gasteiger partial charge in [-0.2, -0.15) is 0 Å². The molecule has 3 aliphatic heterocycles. The molecule has 1 aromatic rings. The summed E-state index contributed by atoms with van der Waals surface area (Å²) in [5.74, 6) is -0.962. The summed E-state index contributed by atoms with van der Waals surface area (Å²) in [6, 6.07) is 8.21. The molecule has 4 nitrogen and oxygen atoms in total. The van der Waals surface area contributed by atoms with Crippen LogP contribution in [-0.2, 0) is 16.0 Å². The molecular formula is C16H17NO3S. The summed E-state index contributed by atoms with van der Waals surface area (Å²) in [5.41, 5.74) is 1.24. The van der Waals surface area contributed by atoms with Crippen LogP contribution in [0.15, 0.2) is 29.2 Å². The number of carbonyl (C=O) groups is 2. The minimum atomic E-state index is -0.748. The van der Waals surface area contributed by atoms with Crippen molar-refractivity contribution in [2.24, 2.45) is 5.92 Å².